The maximum absolute atomic E-state index is 12.7. The van der Waals surface area contributed by atoms with Gasteiger partial charge in [0.2, 0.25) is 0 Å². The Morgan fingerprint density at radius 1 is 0.963 bits per heavy atom. The van der Waals surface area contributed by atoms with Gasteiger partial charge in [-0.25, -0.2) is 5.01 Å². The van der Waals surface area contributed by atoms with E-state index in [-0.39, 0.29) is 11.5 Å². The molecule has 134 valence electrons. The highest BCUT2D eigenvalue weighted by Gasteiger charge is 2.34. The minimum absolute atomic E-state index is 0.0875. The molecule has 0 unspecified atom stereocenters. The molecule has 0 bridgehead atoms. The first-order valence-electron chi connectivity index (χ1n) is 8.40. The molecular formula is C21H16ClN3O2. The van der Waals surface area contributed by atoms with E-state index in [1.165, 1.54) is 5.01 Å². The van der Waals surface area contributed by atoms with Gasteiger partial charge in [0.25, 0.3) is 11.8 Å². The van der Waals surface area contributed by atoms with E-state index in [0.717, 1.165) is 16.9 Å². The third kappa shape index (κ3) is 3.13. The van der Waals surface area contributed by atoms with Gasteiger partial charge in [0.1, 0.15) is 5.57 Å². The SMILES string of the molecule is Cc1cc(-n2cccc2C=C2C(=O)NN(c3ccccc3)C2=O)ccc1Cl. The number of hydrogen-bond donors (Lipinski definition) is 1. The Kier molecular flexibility index (Phi) is 4.30. The van der Waals surface area contributed by atoms with Gasteiger partial charge in [-0.3, -0.25) is 15.0 Å². The number of aromatic nitrogens is 1. The van der Waals surface area contributed by atoms with Crippen LogP contribution >= 0.6 is 11.6 Å². The van der Waals surface area contributed by atoms with Gasteiger partial charge < -0.3 is 4.57 Å². The van der Waals surface area contributed by atoms with Crippen LogP contribution in [-0.2, 0) is 9.59 Å². The number of aryl methyl sites for hydroxylation is 1. The smallest absolute Gasteiger partial charge is 0.282 e. The van der Waals surface area contributed by atoms with Crippen molar-refractivity contribution in [1.29, 1.82) is 0 Å². The van der Waals surface area contributed by atoms with Gasteiger partial charge >= 0.3 is 0 Å². The summed E-state index contributed by atoms with van der Waals surface area (Å²) < 4.78 is 1.90. The highest BCUT2D eigenvalue weighted by atomic mass is 35.5. The summed E-state index contributed by atoms with van der Waals surface area (Å²) >= 11 is 6.11. The standard InChI is InChI=1S/C21H16ClN3O2/c1-14-12-17(9-10-19(14)22)24-11-5-8-16(24)13-18-20(26)23-25(21(18)27)15-6-3-2-4-7-15/h2-13H,1H3,(H,23,26). The largest absolute Gasteiger partial charge is 0.317 e. The molecule has 27 heavy (non-hydrogen) atoms. The van der Waals surface area contributed by atoms with Crippen molar-refractivity contribution in [2.24, 2.45) is 0 Å². The average molecular weight is 378 g/mol. The Labute approximate surface area is 161 Å². The molecule has 1 saturated heterocycles. The van der Waals surface area contributed by atoms with Crippen molar-refractivity contribution in [2.75, 3.05) is 5.01 Å². The predicted molar refractivity (Wildman–Crippen MR) is 106 cm³/mol. The second-order valence-corrected chi connectivity index (χ2v) is 6.62. The summed E-state index contributed by atoms with van der Waals surface area (Å²) in [7, 11) is 0. The zero-order valence-corrected chi connectivity index (χ0v) is 15.3. The number of para-hydroxylation sites is 1. The Hall–Kier alpha value is -3.31. The van der Waals surface area contributed by atoms with E-state index in [1.54, 1.807) is 18.2 Å². The van der Waals surface area contributed by atoms with Crippen LogP contribution in [0.2, 0.25) is 5.02 Å². The minimum Gasteiger partial charge on any atom is -0.317 e. The molecule has 1 aromatic heterocycles. The maximum Gasteiger partial charge on any atom is 0.282 e. The van der Waals surface area contributed by atoms with Crippen LogP contribution in [0.4, 0.5) is 5.69 Å². The maximum atomic E-state index is 12.7. The van der Waals surface area contributed by atoms with Crippen LogP contribution in [0.1, 0.15) is 11.3 Å². The number of benzene rings is 2. The first-order valence-corrected chi connectivity index (χ1v) is 8.78. The monoisotopic (exact) mass is 377 g/mol. The Morgan fingerprint density at radius 2 is 1.74 bits per heavy atom. The van der Waals surface area contributed by atoms with Crippen LogP contribution < -0.4 is 10.4 Å². The number of hydrazine groups is 1. The molecule has 0 aliphatic carbocycles. The zero-order valence-electron chi connectivity index (χ0n) is 14.5. The Bertz CT molecular complexity index is 1070. The fourth-order valence-corrected chi connectivity index (χ4v) is 3.11. The summed E-state index contributed by atoms with van der Waals surface area (Å²) in [5, 5.41) is 1.95. The van der Waals surface area contributed by atoms with Gasteiger partial charge in [0.05, 0.1) is 5.69 Å². The summed E-state index contributed by atoms with van der Waals surface area (Å²) in [4.78, 5) is 25.1. The molecule has 0 radical (unpaired) electrons. The lowest BCUT2D eigenvalue weighted by Crippen LogP contribution is -2.35. The molecule has 1 aliphatic heterocycles. The van der Waals surface area contributed by atoms with Crippen molar-refractivity contribution in [1.82, 2.24) is 9.99 Å². The van der Waals surface area contributed by atoms with Crippen molar-refractivity contribution >= 4 is 35.2 Å². The number of halogens is 1. The van der Waals surface area contributed by atoms with Gasteiger partial charge in [-0.05, 0) is 61.0 Å². The third-order valence-corrected chi connectivity index (χ3v) is 4.82. The quantitative estimate of drug-likeness (QED) is 0.556. The molecule has 2 heterocycles. The van der Waals surface area contributed by atoms with Gasteiger partial charge in [-0.2, -0.15) is 0 Å². The molecule has 4 rings (SSSR count). The Morgan fingerprint density at radius 3 is 2.48 bits per heavy atom. The van der Waals surface area contributed by atoms with Gasteiger partial charge in [-0.15, -0.1) is 0 Å². The lowest BCUT2D eigenvalue weighted by atomic mass is 10.2. The molecule has 2 aromatic carbocycles. The first kappa shape index (κ1) is 17.1. The van der Waals surface area contributed by atoms with Crippen molar-refractivity contribution in [3.05, 3.63) is 88.7 Å². The molecule has 3 aromatic rings. The summed E-state index contributed by atoms with van der Waals surface area (Å²) in [6.45, 7) is 1.93. The molecule has 6 heteroatoms. The predicted octanol–water partition coefficient (Wildman–Crippen LogP) is 3.90. The second kappa shape index (κ2) is 6.78. The fraction of sp³-hybridized carbons (Fsp3) is 0.0476. The molecule has 0 saturated carbocycles. The lowest BCUT2D eigenvalue weighted by molar-refractivity contribution is -0.117. The molecule has 1 aliphatic rings. The van der Waals surface area contributed by atoms with Gasteiger partial charge in [0, 0.05) is 22.6 Å². The fourth-order valence-electron chi connectivity index (χ4n) is 2.99. The van der Waals surface area contributed by atoms with Crippen molar-refractivity contribution in [3.8, 4) is 5.69 Å². The van der Waals surface area contributed by atoms with Gasteiger partial charge in [-0.1, -0.05) is 29.8 Å². The summed E-state index contributed by atoms with van der Waals surface area (Å²) in [5.41, 5.74) is 5.89. The normalized spacial score (nSPS) is 15.5. The second-order valence-electron chi connectivity index (χ2n) is 6.21. The highest BCUT2D eigenvalue weighted by Crippen LogP contribution is 2.24. The number of hydrogen-bond acceptors (Lipinski definition) is 2. The van der Waals surface area contributed by atoms with Crippen LogP contribution in [0.25, 0.3) is 11.8 Å². The molecule has 0 atom stereocenters. The summed E-state index contributed by atoms with van der Waals surface area (Å²) in [6.07, 6.45) is 3.48. The molecule has 1 fully saturated rings. The number of carbonyl (C=O) groups is 2. The number of rotatable bonds is 3. The van der Waals surface area contributed by atoms with Crippen LogP contribution in [-0.4, -0.2) is 16.4 Å². The van der Waals surface area contributed by atoms with Gasteiger partial charge in [0.15, 0.2) is 0 Å². The summed E-state index contributed by atoms with van der Waals surface area (Å²) in [6, 6.07) is 18.4. The minimum atomic E-state index is -0.427. The molecular weight excluding hydrogens is 362 g/mol. The molecule has 0 spiro atoms. The molecule has 5 nitrogen and oxygen atoms in total. The average Bonchev–Trinajstić information content (AvgIpc) is 3.25. The number of carbonyl (C=O) groups excluding carboxylic acids is 2. The number of nitrogens with zero attached hydrogens (tertiary/aromatic N) is 2. The topological polar surface area (TPSA) is 54.3 Å². The first-order chi connectivity index (χ1) is 13.0. The van der Waals surface area contributed by atoms with E-state index in [1.807, 2.05) is 66.2 Å². The van der Waals surface area contributed by atoms with E-state index in [2.05, 4.69) is 5.43 Å². The van der Waals surface area contributed by atoms with E-state index in [9.17, 15) is 9.59 Å². The molecule has 1 N–H and O–H groups in total. The Balaban J connectivity index is 1.70. The lowest BCUT2D eigenvalue weighted by Gasteiger charge is -2.14. The van der Waals surface area contributed by atoms with Crippen molar-refractivity contribution < 1.29 is 9.59 Å². The number of amides is 2. The van der Waals surface area contributed by atoms with E-state index >= 15 is 0 Å². The van der Waals surface area contributed by atoms with Crippen LogP contribution in [0.3, 0.4) is 0 Å². The highest BCUT2D eigenvalue weighted by molar-refractivity contribution is 6.32. The number of nitrogens with one attached hydrogen (secondary N) is 1. The number of anilines is 1. The van der Waals surface area contributed by atoms with E-state index < -0.39 is 5.91 Å². The third-order valence-electron chi connectivity index (χ3n) is 4.40. The van der Waals surface area contributed by atoms with Crippen LogP contribution in [0, 0.1) is 6.92 Å². The molecule has 2 amide bonds. The van der Waals surface area contributed by atoms with Crippen LogP contribution in [0.15, 0.2) is 72.4 Å². The van der Waals surface area contributed by atoms with Crippen molar-refractivity contribution in [2.45, 2.75) is 6.92 Å². The van der Waals surface area contributed by atoms with E-state index in [0.29, 0.717) is 10.7 Å². The summed E-state index contributed by atoms with van der Waals surface area (Å²) in [5.74, 6) is -0.810. The van der Waals surface area contributed by atoms with E-state index in [4.69, 9.17) is 11.6 Å². The van der Waals surface area contributed by atoms with Crippen LogP contribution in [0.5, 0.6) is 0 Å². The zero-order chi connectivity index (χ0) is 19.0. The van der Waals surface area contributed by atoms with Crippen molar-refractivity contribution in [3.63, 3.8) is 0 Å².